The van der Waals surface area contributed by atoms with Crippen molar-refractivity contribution in [1.82, 2.24) is 0 Å². The smallest absolute Gasteiger partial charge is 0.258 e. The number of halogens is 1. The Hall–Kier alpha value is -3.15. The number of carbonyl (C=O) groups excluding carboxylic acids is 2. The Kier molecular flexibility index (Phi) is 5.69. The molecular weight excluding hydrogens is 436 g/mol. The Morgan fingerprint density at radius 2 is 1.82 bits per heavy atom. The zero-order chi connectivity index (χ0) is 23.1. The van der Waals surface area contributed by atoms with Gasteiger partial charge >= 0.3 is 0 Å². The number of nitrogens with zero attached hydrogens (tertiary/aromatic N) is 1. The lowest BCUT2D eigenvalue weighted by Crippen LogP contribution is -2.34. The Morgan fingerprint density at radius 1 is 1.00 bits per heavy atom. The third kappa shape index (κ3) is 4.03. The van der Waals surface area contributed by atoms with Crippen LogP contribution in [0.5, 0.6) is 0 Å². The molecule has 2 aliphatic heterocycles. The number of benzene rings is 3. The summed E-state index contributed by atoms with van der Waals surface area (Å²) in [6, 6.07) is 18.5. The van der Waals surface area contributed by atoms with E-state index >= 15 is 0 Å². The van der Waals surface area contributed by atoms with Crippen LogP contribution in [0.4, 0.5) is 11.4 Å². The highest BCUT2D eigenvalue weighted by Crippen LogP contribution is 2.45. The molecule has 0 aliphatic carbocycles. The van der Waals surface area contributed by atoms with Crippen LogP contribution in [0, 0.1) is 19.8 Å². The molecule has 6 heteroatoms. The van der Waals surface area contributed by atoms with Gasteiger partial charge in [0.1, 0.15) is 0 Å². The number of amides is 2. The van der Waals surface area contributed by atoms with Crippen molar-refractivity contribution in [2.45, 2.75) is 26.4 Å². The first-order valence-corrected chi connectivity index (χ1v) is 11.5. The van der Waals surface area contributed by atoms with Crippen molar-refractivity contribution in [1.29, 1.82) is 0 Å². The zero-order valence-electron chi connectivity index (χ0n) is 18.6. The van der Waals surface area contributed by atoms with Crippen LogP contribution in [0.2, 0.25) is 5.02 Å². The summed E-state index contributed by atoms with van der Waals surface area (Å²) >= 11 is 6.26. The van der Waals surface area contributed by atoms with Gasteiger partial charge in [-0.25, -0.2) is 0 Å². The molecular formula is C27H25ClN2O3. The fraction of sp³-hybridized carbons (Fsp3) is 0.259. The van der Waals surface area contributed by atoms with Gasteiger partial charge in [-0.05, 0) is 73.9 Å². The van der Waals surface area contributed by atoms with E-state index in [9.17, 15) is 9.59 Å². The van der Waals surface area contributed by atoms with E-state index in [0.717, 1.165) is 28.8 Å². The van der Waals surface area contributed by atoms with Crippen molar-refractivity contribution >= 4 is 34.8 Å². The highest BCUT2D eigenvalue weighted by molar-refractivity contribution is 6.30. The summed E-state index contributed by atoms with van der Waals surface area (Å²) in [6.45, 7) is 5.14. The van der Waals surface area contributed by atoms with Crippen molar-refractivity contribution in [3.63, 3.8) is 0 Å². The Labute approximate surface area is 198 Å². The second-order valence-corrected chi connectivity index (χ2v) is 9.20. The van der Waals surface area contributed by atoms with E-state index in [2.05, 4.69) is 5.32 Å². The number of anilines is 2. The standard InChI is InChI=1S/C27H25ClN2O3/c1-16-5-3-4-6-21(16)26(31)29-20-8-9-22(17(2)13-20)27(32)30-12-11-18-15-33-25(18)23-14-19(28)7-10-24(23)30/h3-10,13-14,18,25H,11-12,15H2,1-2H3,(H,29,31)/t18-,25-/m1/s1. The summed E-state index contributed by atoms with van der Waals surface area (Å²) in [5, 5.41) is 3.58. The minimum atomic E-state index is -0.166. The Bertz CT molecular complexity index is 1260. The SMILES string of the molecule is Cc1ccccc1C(=O)Nc1ccc(C(=O)N2CC[C@@H]3CO[C@H]3c3cc(Cl)ccc32)c(C)c1. The average Bonchev–Trinajstić information content (AvgIpc) is 2.86. The summed E-state index contributed by atoms with van der Waals surface area (Å²) in [6.07, 6.45) is 0.878. The number of carbonyl (C=O) groups is 2. The molecule has 0 bridgehead atoms. The number of nitrogens with one attached hydrogen (secondary N) is 1. The Morgan fingerprint density at radius 3 is 2.55 bits per heavy atom. The number of ether oxygens (including phenoxy) is 1. The molecule has 5 rings (SSSR count). The zero-order valence-corrected chi connectivity index (χ0v) is 19.4. The molecule has 1 saturated heterocycles. The van der Waals surface area contributed by atoms with Gasteiger partial charge in [-0.3, -0.25) is 9.59 Å². The van der Waals surface area contributed by atoms with E-state index in [1.54, 1.807) is 18.2 Å². The van der Waals surface area contributed by atoms with Crippen LogP contribution < -0.4 is 10.2 Å². The second kappa shape index (κ2) is 8.65. The van der Waals surface area contributed by atoms with E-state index in [1.807, 2.05) is 61.2 Å². The van der Waals surface area contributed by atoms with E-state index < -0.39 is 0 Å². The number of aryl methyl sites for hydroxylation is 2. The van der Waals surface area contributed by atoms with Crippen molar-refractivity contribution in [2.75, 3.05) is 23.4 Å². The predicted molar refractivity (Wildman–Crippen MR) is 130 cm³/mol. The van der Waals surface area contributed by atoms with Crippen molar-refractivity contribution in [3.8, 4) is 0 Å². The molecule has 0 radical (unpaired) electrons. The van der Waals surface area contributed by atoms with Gasteiger partial charge in [-0.2, -0.15) is 0 Å². The van der Waals surface area contributed by atoms with E-state index in [0.29, 0.717) is 40.9 Å². The monoisotopic (exact) mass is 460 g/mol. The van der Waals surface area contributed by atoms with Crippen molar-refractivity contribution < 1.29 is 14.3 Å². The highest BCUT2D eigenvalue weighted by Gasteiger charge is 2.39. The molecule has 0 saturated carbocycles. The number of hydrogen-bond donors (Lipinski definition) is 1. The highest BCUT2D eigenvalue weighted by atomic mass is 35.5. The summed E-state index contributed by atoms with van der Waals surface area (Å²) in [4.78, 5) is 28.1. The molecule has 2 aliphatic rings. The third-order valence-electron chi connectivity index (χ3n) is 6.58. The average molecular weight is 461 g/mol. The minimum Gasteiger partial charge on any atom is -0.373 e. The predicted octanol–water partition coefficient (Wildman–Crippen LogP) is 5.95. The third-order valence-corrected chi connectivity index (χ3v) is 6.81. The summed E-state index contributed by atoms with van der Waals surface area (Å²) < 4.78 is 5.81. The lowest BCUT2D eigenvalue weighted by Gasteiger charge is -2.36. The molecule has 3 aromatic carbocycles. The topological polar surface area (TPSA) is 58.6 Å². The van der Waals surface area contributed by atoms with Gasteiger partial charge < -0.3 is 15.0 Å². The van der Waals surface area contributed by atoms with Gasteiger partial charge in [0.05, 0.1) is 12.7 Å². The van der Waals surface area contributed by atoms with Crippen LogP contribution in [0.1, 0.15) is 49.9 Å². The normalized spacial score (nSPS) is 19.1. The van der Waals surface area contributed by atoms with Crippen LogP contribution >= 0.6 is 11.6 Å². The maximum atomic E-state index is 13.6. The minimum absolute atomic E-state index is 0.00312. The quantitative estimate of drug-likeness (QED) is 0.525. The van der Waals surface area contributed by atoms with Crippen LogP contribution in [0.3, 0.4) is 0 Å². The number of hydrogen-bond acceptors (Lipinski definition) is 3. The maximum absolute atomic E-state index is 13.6. The van der Waals surface area contributed by atoms with Crippen molar-refractivity contribution in [3.05, 3.63) is 93.5 Å². The number of fused-ring (bicyclic) bond motifs is 3. The second-order valence-electron chi connectivity index (χ2n) is 8.76. The fourth-order valence-electron chi connectivity index (χ4n) is 4.69. The summed E-state index contributed by atoms with van der Waals surface area (Å²) in [7, 11) is 0. The van der Waals surface area contributed by atoms with Gasteiger partial charge in [0.25, 0.3) is 11.8 Å². The first-order valence-electron chi connectivity index (χ1n) is 11.1. The van der Waals surface area contributed by atoms with Crippen molar-refractivity contribution in [2.24, 2.45) is 5.92 Å². The largest absolute Gasteiger partial charge is 0.373 e. The molecule has 2 atom stereocenters. The summed E-state index contributed by atoms with van der Waals surface area (Å²) in [5.41, 5.74) is 5.45. The molecule has 0 aromatic heterocycles. The van der Waals surface area contributed by atoms with Crippen LogP contribution in [0.15, 0.2) is 60.7 Å². The van der Waals surface area contributed by atoms with Gasteiger partial charge in [-0.1, -0.05) is 29.8 Å². The van der Waals surface area contributed by atoms with E-state index in [1.165, 1.54) is 0 Å². The van der Waals surface area contributed by atoms with E-state index in [-0.39, 0.29) is 17.9 Å². The summed E-state index contributed by atoms with van der Waals surface area (Å²) in [5.74, 6) is 0.176. The first kappa shape index (κ1) is 21.7. The molecule has 0 spiro atoms. The number of rotatable bonds is 3. The first-order chi connectivity index (χ1) is 15.9. The molecule has 2 amide bonds. The molecule has 0 unspecified atom stereocenters. The lowest BCUT2D eigenvalue weighted by molar-refractivity contribution is -0.117. The van der Waals surface area contributed by atoms with Gasteiger partial charge in [0, 0.05) is 45.6 Å². The van der Waals surface area contributed by atoms with Gasteiger partial charge in [0.15, 0.2) is 0 Å². The van der Waals surface area contributed by atoms with Gasteiger partial charge in [-0.15, -0.1) is 0 Å². The maximum Gasteiger partial charge on any atom is 0.258 e. The van der Waals surface area contributed by atoms with Gasteiger partial charge in [0.2, 0.25) is 0 Å². The van der Waals surface area contributed by atoms with Crippen LogP contribution in [0.25, 0.3) is 0 Å². The molecule has 5 nitrogen and oxygen atoms in total. The lowest BCUT2D eigenvalue weighted by atomic mass is 9.89. The Balaban J connectivity index is 1.41. The molecule has 1 N–H and O–H groups in total. The van der Waals surface area contributed by atoms with Crippen LogP contribution in [-0.2, 0) is 4.74 Å². The fourth-order valence-corrected chi connectivity index (χ4v) is 4.87. The molecule has 1 fully saturated rings. The molecule has 33 heavy (non-hydrogen) atoms. The molecule has 168 valence electrons. The molecule has 3 aromatic rings. The molecule has 2 heterocycles. The van der Waals surface area contributed by atoms with Crippen LogP contribution in [-0.4, -0.2) is 25.0 Å². The van der Waals surface area contributed by atoms with E-state index in [4.69, 9.17) is 16.3 Å².